The third kappa shape index (κ3) is 4.70. The average Bonchev–Trinajstić information content (AvgIpc) is 2.78. The largest absolute Gasteiger partial charge is 0.449 e. The topological polar surface area (TPSA) is 26.3 Å². The normalized spacial score (nSPS) is 17.6. The molecule has 1 atom stereocenters. The molecule has 0 spiro atoms. The zero-order valence-electron chi connectivity index (χ0n) is 10.4. The van der Waals surface area contributed by atoms with Crippen molar-refractivity contribution in [2.45, 2.75) is 64.9 Å². The summed E-state index contributed by atoms with van der Waals surface area (Å²) < 4.78 is 5.29. The van der Waals surface area contributed by atoms with E-state index in [0.717, 1.165) is 18.8 Å². The second-order valence-electron chi connectivity index (χ2n) is 4.47. The standard InChI is InChI=1S/C14H22O2/c1-3-7-13(4-2)16-14(15)11-10-12-8-5-6-9-12/h12-13H,4-6,8-11H2,1-2H3. The summed E-state index contributed by atoms with van der Waals surface area (Å²) in [6.07, 6.45) is 7.37. The van der Waals surface area contributed by atoms with Crippen LogP contribution in [0.25, 0.3) is 0 Å². The Morgan fingerprint density at radius 1 is 1.44 bits per heavy atom. The molecule has 0 N–H and O–H groups in total. The van der Waals surface area contributed by atoms with Gasteiger partial charge in [0.25, 0.3) is 0 Å². The highest BCUT2D eigenvalue weighted by Gasteiger charge is 2.17. The highest BCUT2D eigenvalue weighted by molar-refractivity contribution is 5.69. The van der Waals surface area contributed by atoms with Gasteiger partial charge in [0.15, 0.2) is 6.10 Å². The number of carbonyl (C=O) groups excluding carboxylic acids is 1. The summed E-state index contributed by atoms with van der Waals surface area (Å²) in [6, 6.07) is 0. The fourth-order valence-electron chi connectivity index (χ4n) is 2.21. The van der Waals surface area contributed by atoms with Crippen LogP contribution in [0.2, 0.25) is 0 Å². The van der Waals surface area contributed by atoms with Gasteiger partial charge in [0, 0.05) is 6.42 Å². The molecule has 1 aliphatic carbocycles. The first-order valence-electron chi connectivity index (χ1n) is 6.38. The van der Waals surface area contributed by atoms with Crippen LogP contribution < -0.4 is 0 Å². The van der Waals surface area contributed by atoms with E-state index in [1.54, 1.807) is 6.92 Å². The Bertz CT molecular complexity index is 266. The van der Waals surface area contributed by atoms with E-state index in [1.807, 2.05) is 6.92 Å². The van der Waals surface area contributed by atoms with Gasteiger partial charge in [-0.25, -0.2) is 0 Å². The maximum Gasteiger partial charge on any atom is 0.307 e. The molecule has 1 rings (SSSR count). The lowest BCUT2D eigenvalue weighted by Crippen LogP contribution is -2.16. The molecular formula is C14H22O2. The van der Waals surface area contributed by atoms with Crippen LogP contribution in [-0.4, -0.2) is 12.1 Å². The van der Waals surface area contributed by atoms with E-state index >= 15 is 0 Å². The predicted molar refractivity (Wildman–Crippen MR) is 64.8 cm³/mol. The minimum Gasteiger partial charge on any atom is -0.449 e. The SMILES string of the molecule is CC#CC(CC)OC(=O)CCC1CCCC1. The molecular weight excluding hydrogens is 200 g/mol. The minimum absolute atomic E-state index is 0.0819. The molecule has 0 heterocycles. The number of esters is 1. The van der Waals surface area contributed by atoms with E-state index in [0.29, 0.717) is 6.42 Å². The molecule has 1 aliphatic rings. The van der Waals surface area contributed by atoms with Crippen molar-refractivity contribution in [1.82, 2.24) is 0 Å². The van der Waals surface area contributed by atoms with Crippen LogP contribution in [0.5, 0.6) is 0 Å². The van der Waals surface area contributed by atoms with Gasteiger partial charge in [0.1, 0.15) is 0 Å². The van der Waals surface area contributed by atoms with Crippen LogP contribution in [0.1, 0.15) is 58.8 Å². The van der Waals surface area contributed by atoms with Gasteiger partial charge in [0.2, 0.25) is 0 Å². The molecule has 0 aromatic rings. The number of ether oxygens (including phenoxy) is 1. The monoisotopic (exact) mass is 222 g/mol. The molecule has 0 aromatic carbocycles. The van der Waals surface area contributed by atoms with Crippen LogP contribution in [-0.2, 0) is 9.53 Å². The molecule has 1 saturated carbocycles. The Morgan fingerprint density at radius 2 is 2.12 bits per heavy atom. The van der Waals surface area contributed by atoms with Crippen molar-refractivity contribution in [2.75, 3.05) is 0 Å². The molecule has 2 nitrogen and oxygen atoms in total. The van der Waals surface area contributed by atoms with Crippen LogP contribution in [0.3, 0.4) is 0 Å². The predicted octanol–water partition coefficient (Wildman–Crippen LogP) is 3.30. The number of carbonyl (C=O) groups is 1. The Hall–Kier alpha value is -0.970. The molecule has 0 aliphatic heterocycles. The molecule has 1 unspecified atom stereocenters. The molecule has 1 fully saturated rings. The van der Waals surface area contributed by atoms with Crippen molar-refractivity contribution in [3.63, 3.8) is 0 Å². The number of hydrogen-bond acceptors (Lipinski definition) is 2. The highest BCUT2D eigenvalue weighted by atomic mass is 16.5. The van der Waals surface area contributed by atoms with Gasteiger partial charge in [-0.3, -0.25) is 4.79 Å². The molecule has 0 aromatic heterocycles. The Kier molecular flexibility index (Phi) is 6.00. The second kappa shape index (κ2) is 7.33. The van der Waals surface area contributed by atoms with Crippen molar-refractivity contribution in [1.29, 1.82) is 0 Å². The van der Waals surface area contributed by atoms with Crippen LogP contribution >= 0.6 is 0 Å². The molecule has 16 heavy (non-hydrogen) atoms. The van der Waals surface area contributed by atoms with Crippen LogP contribution in [0.4, 0.5) is 0 Å². The Morgan fingerprint density at radius 3 is 2.69 bits per heavy atom. The second-order valence-corrected chi connectivity index (χ2v) is 4.47. The molecule has 2 heteroatoms. The van der Waals surface area contributed by atoms with Gasteiger partial charge in [-0.15, -0.1) is 5.92 Å². The maximum absolute atomic E-state index is 11.6. The smallest absolute Gasteiger partial charge is 0.307 e. The molecule has 90 valence electrons. The zero-order chi connectivity index (χ0) is 11.8. The summed E-state index contributed by atoms with van der Waals surface area (Å²) in [7, 11) is 0. The quantitative estimate of drug-likeness (QED) is 0.527. The summed E-state index contributed by atoms with van der Waals surface area (Å²) in [6.45, 7) is 3.76. The molecule has 0 radical (unpaired) electrons. The van der Waals surface area contributed by atoms with Crippen molar-refractivity contribution in [3.05, 3.63) is 0 Å². The van der Waals surface area contributed by atoms with E-state index in [4.69, 9.17) is 4.74 Å². The first-order valence-corrected chi connectivity index (χ1v) is 6.38. The van der Waals surface area contributed by atoms with Gasteiger partial charge in [-0.2, -0.15) is 0 Å². The molecule has 0 amide bonds. The lowest BCUT2D eigenvalue weighted by Gasteiger charge is -2.12. The van der Waals surface area contributed by atoms with Crippen molar-refractivity contribution in [2.24, 2.45) is 5.92 Å². The van der Waals surface area contributed by atoms with E-state index in [-0.39, 0.29) is 12.1 Å². The van der Waals surface area contributed by atoms with E-state index in [9.17, 15) is 4.79 Å². The summed E-state index contributed by atoms with van der Waals surface area (Å²) in [5.74, 6) is 6.36. The first kappa shape index (κ1) is 13.1. The maximum atomic E-state index is 11.6. The summed E-state index contributed by atoms with van der Waals surface area (Å²) >= 11 is 0. The number of rotatable bonds is 5. The van der Waals surface area contributed by atoms with Crippen LogP contribution in [0, 0.1) is 17.8 Å². The molecule has 0 bridgehead atoms. The van der Waals surface area contributed by atoms with Gasteiger partial charge in [-0.05, 0) is 25.7 Å². The average molecular weight is 222 g/mol. The fraction of sp³-hybridized carbons (Fsp3) is 0.786. The lowest BCUT2D eigenvalue weighted by atomic mass is 10.0. The Labute approximate surface area is 98.8 Å². The van der Waals surface area contributed by atoms with Gasteiger partial charge in [0.05, 0.1) is 0 Å². The van der Waals surface area contributed by atoms with Crippen molar-refractivity contribution < 1.29 is 9.53 Å². The summed E-state index contributed by atoms with van der Waals surface area (Å²) in [5, 5.41) is 0. The fourth-order valence-corrected chi connectivity index (χ4v) is 2.21. The van der Waals surface area contributed by atoms with Gasteiger partial charge in [-0.1, -0.05) is 38.5 Å². The Balaban J connectivity index is 2.20. The third-order valence-electron chi connectivity index (χ3n) is 3.18. The lowest BCUT2D eigenvalue weighted by molar-refractivity contribution is -0.146. The summed E-state index contributed by atoms with van der Waals surface area (Å²) in [4.78, 5) is 11.6. The first-order chi connectivity index (χ1) is 7.76. The van der Waals surface area contributed by atoms with E-state index < -0.39 is 0 Å². The minimum atomic E-state index is -0.207. The van der Waals surface area contributed by atoms with Crippen LogP contribution in [0.15, 0.2) is 0 Å². The zero-order valence-corrected chi connectivity index (χ0v) is 10.4. The number of hydrogen-bond donors (Lipinski definition) is 0. The van der Waals surface area contributed by atoms with E-state index in [1.165, 1.54) is 25.7 Å². The summed E-state index contributed by atoms with van der Waals surface area (Å²) in [5.41, 5.74) is 0. The van der Waals surface area contributed by atoms with Gasteiger partial charge >= 0.3 is 5.97 Å². The van der Waals surface area contributed by atoms with Gasteiger partial charge < -0.3 is 4.74 Å². The molecule has 0 saturated heterocycles. The third-order valence-corrected chi connectivity index (χ3v) is 3.18. The highest BCUT2D eigenvalue weighted by Crippen LogP contribution is 2.28. The van der Waals surface area contributed by atoms with Crippen molar-refractivity contribution >= 4 is 5.97 Å². The van der Waals surface area contributed by atoms with E-state index in [2.05, 4.69) is 11.8 Å². The van der Waals surface area contributed by atoms with Crippen molar-refractivity contribution in [3.8, 4) is 11.8 Å².